The first-order valence-corrected chi connectivity index (χ1v) is 9.65. The molecular formula is C18H12Cl2N4O2S. The minimum atomic E-state index is -0.191. The second kappa shape index (κ2) is 7.34. The molecular weight excluding hydrogens is 407 g/mol. The number of fused-ring (bicyclic) bond motifs is 1. The maximum absolute atomic E-state index is 13.1. The van der Waals surface area contributed by atoms with Gasteiger partial charge in [0.05, 0.1) is 22.3 Å². The van der Waals surface area contributed by atoms with Gasteiger partial charge in [0.15, 0.2) is 5.16 Å². The van der Waals surface area contributed by atoms with Crippen molar-refractivity contribution in [2.45, 2.75) is 17.8 Å². The number of aromatic nitrogens is 4. The summed E-state index contributed by atoms with van der Waals surface area (Å²) in [7, 11) is 0. The first-order valence-electron chi connectivity index (χ1n) is 7.91. The topological polar surface area (TPSA) is 73.8 Å². The van der Waals surface area contributed by atoms with E-state index in [2.05, 4.69) is 15.2 Å². The molecule has 2 aromatic carbocycles. The second-order valence-corrected chi connectivity index (χ2v) is 7.49. The molecule has 0 bridgehead atoms. The fourth-order valence-electron chi connectivity index (χ4n) is 2.58. The van der Waals surface area contributed by atoms with Crippen molar-refractivity contribution in [3.05, 3.63) is 74.6 Å². The quantitative estimate of drug-likeness (QED) is 0.353. The highest BCUT2D eigenvalue weighted by molar-refractivity contribution is 7.98. The highest BCUT2D eigenvalue weighted by atomic mass is 35.5. The van der Waals surface area contributed by atoms with E-state index in [1.165, 1.54) is 11.8 Å². The maximum atomic E-state index is 13.1. The molecule has 0 aliphatic carbocycles. The fourth-order valence-corrected chi connectivity index (χ4v) is 3.72. The van der Waals surface area contributed by atoms with Crippen molar-refractivity contribution in [2.75, 3.05) is 0 Å². The SMILES string of the molecule is Cc1nnc(CSc2nc3cc(Cl)ccc3c(=O)n2-c2ccc(Cl)cc2)o1. The first-order chi connectivity index (χ1) is 13.0. The zero-order valence-electron chi connectivity index (χ0n) is 14.0. The summed E-state index contributed by atoms with van der Waals surface area (Å²) in [6.45, 7) is 1.72. The van der Waals surface area contributed by atoms with Gasteiger partial charge in [-0.1, -0.05) is 35.0 Å². The van der Waals surface area contributed by atoms with Crippen molar-refractivity contribution in [3.8, 4) is 5.69 Å². The molecule has 6 nitrogen and oxygen atoms in total. The molecule has 2 aromatic heterocycles. The van der Waals surface area contributed by atoms with E-state index in [9.17, 15) is 4.79 Å². The van der Waals surface area contributed by atoms with E-state index in [1.54, 1.807) is 54.0 Å². The highest BCUT2D eigenvalue weighted by Crippen LogP contribution is 2.26. The van der Waals surface area contributed by atoms with Crippen molar-refractivity contribution >= 4 is 45.9 Å². The molecule has 0 unspecified atom stereocenters. The highest BCUT2D eigenvalue weighted by Gasteiger charge is 2.15. The van der Waals surface area contributed by atoms with E-state index in [4.69, 9.17) is 27.6 Å². The molecule has 2 heterocycles. The van der Waals surface area contributed by atoms with Gasteiger partial charge in [0.1, 0.15) is 0 Å². The van der Waals surface area contributed by atoms with Crippen LogP contribution in [-0.4, -0.2) is 19.7 Å². The average molecular weight is 419 g/mol. The van der Waals surface area contributed by atoms with Gasteiger partial charge < -0.3 is 4.42 Å². The van der Waals surface area contributed by atoms with E-state index >= 15 is 0 Å². The van der Waals surface area contributed by atoms with Gasteiger partial charge in [0.25, 0.3) is 5.56 Å². The fraction of sp³-hybridized carbons (Fsp3) is 0.111. The Bertz CT molecular complexity index is 1190. The Hall–Kier alpha value is -2.35. The lowest BCUT2D eigenvalue weighted by atomic mass is 10.2. The van der Waals surface area contributed by atoms with Crippen molar-refractivity contribution in [1.29, 1.82) is 0 Å². The van der Waals surface area contributed by atoms with Crippen molar-refractivity contribution in [1.82, 2.24) is 19.7 Å². The molecule has 0 spiro atoms. The largest absolute Gasteiger partial charge is 0.425 e. The van der Waals surface area contributed by atoms with Gasteiger partial charge in [-0.2, -0.15) is 0 Å². The van der Waals surface area contributed by atoms with E-state index in [0.29, 0.717) is 49.3 Å². The Balaban J connectivity index is 1.86. The summed E-state index contributed by atoms with van der Waals surface area (Å²) < 4.78 is 6.95. The van der Waals surface area contributed by atoms with E-state index in [0.717, 1.165) is 0 Å². The van der Waals surface area contributed by atoms with Crippen LogP contribution in [0.2, 0.25) is 10.0 Å². The third kappa shape index (κ3) is 3.71. The minimum Gasteiger partial charge on any atom is -0.425 e. The van der Waals surface area contributed by atoms with Crippen LogP contribution < -0.4 is 5.56 Å². The summed E-state index contributed by atoms with van der Waals surface area (Å²) in [6.07, 6.45) is 0. The van der Waals surface area contributed by atoms with Crippen LogP contribution in [0.3, 0.4) is 0 Å². The molecule has 0 saturated heterocycles. The second-order valence-electron chi connectivity index (χ2n) is 5.68. The summed E-state index contributed by atoms with van der Waals surface area (Å²) in [4.78, 5) is 17.8. The number of nitrogens with zero attached hydrogens (tertiary/aromatic N) is 4. The average Bonchev–Trinajstić information content (AvgIpc) is 3.06. The Labute approximate surface area is 168 Å². The van der Waals surface area contributed by atoms with E-state index in [1.807, 2.05) is 0 Å². The molecule has 4 rings (SSSR count). The molecule has 0 saturated carbocycles. The number of benzene rings is 2. The molecule has 9 heteroatoms. The predicted octanol–water partition coefficient (Wildman–Crippen LogP) is 4.68. The lowest BCUT2D eigenvalue weighted by Crippen LogP contribution is -2.21. The van der Waals surface area contributed by atoms with Crippen LogP contribution in [0.5, 0.6) is 0 Å². The molecule has 4 aromatic rings. The van der Waals surface area contributed by atoms with Gasteiger partial charge >= 0.3 is 0 Å². The summed E-state index contributed by atoms with van der Waals surface area (Å²) in [6, 6.07) is 12.0. The Morgan fingerprint density at radius 1 is 1.07 bits per heavy atom. The zero-order valence-corrected chi connectivity index (χ0v) is 16.3. The number of aryl methyl sites for hydroxylation is 1. The molecule has 0 aliphatic heterocycles. The van der Waals surface area contributed by atoms with E-state index < -0.39 is 0 Å². The third-order valence-electron chi connectivity index (χ3n) is 3.78. The molecule has 0 atom stereocenters. The Morgan fingerprint density at radius 3 is 2.52 bits per heavy atom. The normalized spacial score (nSPS) is 11.2. The summed E-state index contributed by atoms with van der Waals surface area (Å²) in [5, 5.41) is 9.87. The Kier molecular flexibility index (Phi) is 4.90. The van der Waals surface area contributed by atoms with Crippen LogP contribution in [0.25, 0.3) is 16.6 Å². The molecule has 0 N–H and O–H groups in total. The van der Waals surface area contributed by atoms with Gasteiger partial charge in [-0.05, 0) is 42.5 Å². The first kappa shape index (κ1) is 18.0. The lowest BCUT2D eigenvalue weighted by molar-refractivity contribution is 0.485. The standard InChI is InChI=1S/C18H12Cl2N4O2S/c1-10-22-23-16(26-10)9-27-18-21-15-8-12(20)4-7-14(15)17(25)24(18)13-5-2-11(19)3-6-13/h2-8H,9H2,1H3. The summed E-state index contributed by atoms with van der Waals surface area (Å²) >= 11 is 13.4. The predicted molar refractivity (Wildman–Crippen MR) is 106 cm³/mol. The molecule has 27 heavy (non-hydrogen) atoms. The van der Waals surface area contributed by atoms with Crippen LogP contribution in [0.15, 0.2) is 56.8 Å². The van der Waals surface area contributed by atoms with Crippen LogP contribution in [0.1, 0.15) is 11.8 Å². The maximum Gasteiger partial charge on any atom is 0.266 e. The minimum absolute atomic E-state index is 0.191. The third-order valence-corrected chi connectivity index (χ3v) is 5.19. The summed E-state index contributed by atoms with van der Waals surface area (Å²) in [5.41, 5.74) is 1.00. The molecule has 136 valence electrons. The van der Waals surface area contributed by atoms with E-state index in [-0.39, 0.29) is 5.56 Å². The molecule has 0 aliphatic rings. The zero-order chi connectivity index (χ0) is 19.0. The van der Waals surface area contributed by atoms with Gasteiger partial charge in [0, 0.05) is 17.0 Å². The number of thioether (sulfide) groups is 1. The van der Waals surface area contributed by atoms with Gasteiger partial charge in [0.2, 0.25) is 11.8 Å². The smallest absolute Gasteiger partial charge is 0.266 e. The van der Waals surface area contributed by atoms with Crippen molar-refractivity contribution < 1.29 is 4.42 Å². The number of hydrogen-bond acceptors (Lipinski definition) is 6. The lowest BCUT2D eigenvalue weighted by Gasteiger charge is -2.13. The van der Waals surface area contributed by atoms with Crippen LogP contribution >= 0.6 is 35.0 Å². The number of rotatable bonds is 4. The van der Waals surface area contributed by atoms with Crippen LogP contribution in [-0.2, 0) is 5.75 Å². The molecule has 0 fully saturated rings. The number of hydrogen-bond donors (Lipinski definition) is 0. The van der Waals surface area contributed by atoms with Crippen LogP contribution in [0.4, 0.5) is 0 Å². The molecule has 0 radical (unpaired) electrons. The van der Waals surface area contributed by atoms with Crippen molar-refractivity contribution in [3.63, 3.8) is 0 Å². The molecule has 0 amide bonds. The van der Waals surface area contributed by atoms with Gasteiger partial charge in [-0.25, -0.2) is 4.98 Å². The monoisotopic (exact) mass is 418 g/mol. The summed E-state index contributed by atoms with van der Waals surface area (Å²) in [5.74, 6) is 1.33. The number of halogens is 2. The van der Waals surface area contributed by atoms with Gasteiger partial charge in [-0.3, -0.25) is 9.36 Å². The van der Waals surface area contributed by atoms with Crippen molar-refractivity contribution in [2.24, 2.45) is 0 Å². The van der Waals surface area contributed by atoms with Crippen LogP contribution in [0, 0.1) is 6.92 Å². The Morgan fingerprint density at radius 2 is 1.81 bits per heavy atom. The van der Waals surface area contributed by atoms with Gasteiger partial charge in [-0.15, -0.1) is 10.2 Å².